The van der Waals surface area contributed by atoms with Gasteiger partial charge in [-0.15, -0.1) is 0 Å². The number of nitrogens with zero attached hydrogens (tertiary/aromatic N) is 2. The van der Waals surface area contributed by atoms with Gasteiger partial charge in [0.15, 0.2) is 0 Å². The van der Waals surface area contributed by atoms with E-state index in [2.05, 4.69) is 60.2 Å². The molecule has 2 aromatic carbocycles. The SMILES string of the molecule is Cc1cc(C)c(C[C@H](N)COc2cncc(-c3ccc4n[nH]c(C)c4c3)c2)c(C)c1. The number of pyridine rings is 1. The smallest absolute Gasteiger partial charge is 0.138 e. The maximum Gasteiger partial charge on any atom is 0.138 e. The molecule has 1 atom stereocenters. The molecule has 0 spiro atoms. The van der Waals surface area contributed by atoms with Gasteiger partial charge in [-0.1, -0.05) is 23.8 Å². The highest BCUT2D eigenvalue weighted by atomic mass is 16.5. The molecule has 3 N–H and O–H groups in total. The lowest BCUT2D eigenvalue weighted by atomic mass is 9.95. The van der Waals surface area contributed by atoms with E-state index < -0.39 is 0 Å². The van der Waals surface area contributed by atoms with E-state index in [9.17, 15) is 0 Å². The summed E-state index contributed by atoms with van der Waals surface area (Å²) in [6.45, 7) is 8.88. The van der Waals surface area contributed by atoms with E-state index in [1.54, 1.807) is 6.20 Å². The van der Waals surface area contributed by atoms with Gasteiger partial charge < -0.3 is 10.5 Å². The van der Waals surface area contributed by atoms with Crippen LogP contribution in [0.4, 0.5) is 0 Å². The molecule has 0 aliphatic rings. The van der Waals surface area contributed by atoms with E-state index in [1.165, 1.54) is 22.3 Å². The average Bonchev–Trinajstić information content (AvgIpc) is 3.09. The third-order valence-corrected chi connectivity index (χ3v) is 5.56. The Kier molecular flexibility index (Phi) is 5.55. The fraction of sp³-hybridized carbons (Fsp3) is 0.280. The predicted octanol–water partition coefficient (Wildman–Crippen LogP) is 4.81. The summed E-state index contributed by atoms with van der Waals surface area (Å²) in [5.74, 6) is 0.726. The largest absolute Gasteiger partial charge is 0.490 e. The molecule has 0 saturated carbocycles. The Labute approximate surface area is 177 Å². The van der Waals surface area contributed by atoms with Crippen LogP contribution in [0.3, 0.4) is 0 Å². The summed E-state index contributed by atoms with van der Waals surface area (Å²) in [7, 11) is 0. The van der Waals surface area contributed by atoms with Crippen LogP contribution in [0.2, 0.25) is 0 Å². The summed E-state index contributed by atoms with van der Waals surface area (Å²) < 4.78 is 6.00. The minimum atomic E-state index is -0.0845. The van der Waals surface area contributed by atoms with Crippen molar-refractivity contribution in [2.24, 2.45) is 5.73 Å². The zero-order valence-electron chi connectivity index (χ0n) is 18.0. The van der Waals surface area contributed by atoms with E-state index in [-0.39, 0.29) is 6.04 Å². The molecule has 0 aliphatic heterocycles. The molecule has 2 heterocycles. The number of rotatable bonds is 6. The van der Waals surface area contributed by atoms with Crippen molar-refractivity contribution >= 4 is 10.9 Å². The molecule has 0 radical (unpaired) electrons. The van der Waals surface area contributed by atoms with Crippen molar-refractivity contribution in [1.82, 2.24) is 15.2 Å². The van der Waals surface area contributed by atoms with Gasteiger partial charge in [-0.3, -0.25) is 10.1 Å². The number of hydrogen-bond acceptors (Lipinski definition) is 4. The molecule has 30 heavy (non-hydrogen) atoms. The van der Waals surface area contributed by atoms with E-state index in [4.69, 9.17) is 10.5 Å². The van der Waals surface area contributed by atoms with E-state index in [0.717, 1.165) is 39.9 Å². The molecule has 0 aliphatic carbocycles. The first-order valence-corrected chi connectivity index (χ1v) is 10.3. The Morgan fingerprint density at radius 2 is 1.73 bits per heavy atom. The predicted molar refractivity (Wildman–Crippen MR) is 122 cm³/mol. The zero-order valence-corrected chi connectivity index (χ0v) is 18.0. The molecule has 4 rings (SSSR count). The quantitative estimate of drug-likeness (QED) is 0.487. The van der Waals surface area contributed by atoms with Crippen molar-refractivity contribution in [3.05, 3.63) is 76.7 Å². The van der Waals surface area contributed by atoms with Crippen molar-refractivity contribution in [2.75, 3.05) is 6.61 Å². The molecule has 0 bridgehead atoms. The molecule has 5 heteroatoms. The number of H-pyrrole nitrogens is 1. The molecule has 4 aromatic rings. The van der Waals surface area contributed by atoms with Crippen molar-refractivity contribution in [3.8, 4) is 16.9 Å². The number of aryl methyl sites for hydroxylation is 4. The highest BCUT2D eigenvalue weighted by molar-refractivity contribution is 5.86. The Hall–Kier alpha value is -3.18. The summed E-state index contributed by atoms with van der Waals surface area (Å²) in [6, 6.07) is 12.5. The van der Waals surface area contributed by atoms with Gasteiger partial charge in [-0.2, -0.15) is 5.10 Å². The van der Waals surface area contributed by atoms with Crippen LogP contribution in [0, 0.1) is 27.7 Å². The van der Waals surface area contributed by atoms with Crippen LogP contribution in [-0.4, -0.2) is 27.8 Å². The first-order chi connectivity index (χ1) is 14.4. The van der Waals surface area contributed by atoms with Crippen LogP contribution < -0.4 is 10.5 Å². The van der Waals surface area contributed by atoms with Gasteiger partial charge in [0, 0.05) is 28.9 Å². The molecule has 2 aromatic heterocycles. The molecule has 0 saturated heterocycles. The Morgan fingerprint density at radius 3 is 2.50 bits per heavy atom. The van der Waals surface area contributed by atoms with Crippen molar-refractivity contribution in [2.45, 2.75) is 40.2 Å². The molecular formula is C25H28N4O. The number of benzene rings is 2. The summed E-state index contributed by atoms with van der Waals surface area (Å²) >= 11 is 0. The topological polar surface area (TPSA) is 76.8 Å². The van der Waals surface area contributed by atoms with E-state index in [1.807, 2.05) is 25.3 Å². The summed E-state index contributed by atoms with van der Waals surface area (Å²) in [6.07, 6.45) is 4.38. The van der Waals surface area contributed by atoms with Gasteiger partial charge in [0.1, 0.15) is 12.4 Å². The highest BCUT2D eigenvalue weighted by Crippen LogP contribution is 2.27. The second-order valence-corrected chi connectivity index (χ2v) is 8.14. The monoisotopic (exact) mass is 400 g/mol. The van der Waals surface area contributed by atoms with E-state index in [0.29, 0.717) is 6.61 Å². The van der Waals surface area contributed by atoms with Crippen molar-refractivity contribution in [1.29, 1.82) is 0 Å². The van der Waals surface area contributed by atoms with Crippen LogP contribution in [0.5, 0.6) is 5.75 Å². The lowest BCUT2D eigenvalue weighted by Gasteiger charge is -2.17. The van der Waals surface area contributed by atoms with Gasteiger partial charge in [-0.05, 0) is 74.6 Å². The minimum absolute atomic E-state index is 0.0845. The van der Waals surface area contributed by atoms with Gasteiger partial charge in [0.2, 0.25) is 0 Å². The van der Waals surface area contributed by atoms with Gasteiger partial charge in [0.05, 0.1) is 11.7 Å². The Bertz CT molecular complexity index is 1170. The summed E-state index contributed by atoms with van der Waals surface area (Å²) in [4.78, 5) is 4.36. The lowest BCUT2D eigenvalue weighted by molar-refractivity contribution is 0.286. The summed E-state index contributed by atoms with van der Waals surface area (Å²) in [5.41, 5.74) is 15.7. The second kappa shape index (κ2) is 8.28. The minimum Gasteiger partial charge on any atom is -0.490 e. The lowest BCUT2D eigenvalue weighted by Crippen LogP contribution is -2.30. The number of nitrogens with two attached hydrogens (primary N) is 1. The number of ether oxygens (including phenoxy) is 1. The van der Waals surface area contributed by atoms with Crippen LogP contribution in [-0.2, 0) is 6.42 Å². The maximum absolute atomic E-state index is 6.39. The van der Waals surface area contributed by atoms with Gasteiger partial charge in [0.25, 0.3) is 0 Å². The summed E-state index contributed by atoms with van der Waals surface area (Å²) in [5, 5.41) is 8.43. The van der Waals surface area contributed by atoms with Gasteiger partial charge in [-0.25, -0.2) is 0 Å². The maximum atomic E-state index is 6.39. The fourth-order valence-corrected chi connectivity index (χ4v) is 4.03. The zero-order chi connectivity index (χ0) is 21.3. The Morgan fingerprint density at radius 1 is 0.967 bits per heavy atom. The molecule has 5 nitrogen and oxygen atoms in total. The number of fused-ring (bicyclic) bond motifs is 1. The number of aromatic nitrogens is 3. The number of hydrogen-bond donors (Lipinski definition) is 2. The van der Waals surface area contributed by atoms with Crippen LogP contribution in [0.1, 0.15) is 27.9 Å². The van der Waals surface area contributed by atoms with Crippen LogP contribution >= 0.6 is 0 Å². The fourth-order valence-electron chi connectivity index (χ4n) is 4.03. The Balaban J connectivity index is 1.46. The first kappa shape index (κ1) is 20.1. The van der Waals surface area contributed by atoms with Crippen molar-refractivity contribution < 1.29 is 4.74 Å². The third kappa shape index (κ3) is 4.21. The third-order valence-electron chi connectivity index (χ3n) is 5.56. The molecule has 154 valence electrons. The molecule has 0 unspecified atom stereocenters. The highest BCUT2D eigenvalue weighted by Gasteiger charge is 2.11. The number of aromatic amines is 1. The molecule has 0 fully saturated rings. The normalized spacial score (nSPS) is 12.3. The molecular weight excluding hydrogens is 372 g/mol. The number of nitrogens with one attached hydrogen (secondary N) is 1. The van der Waals surface area contributed by atoms with Crippen LogP contribution in [0.25, 0.3) is 22.0 Å². The molecule has 0 amide bonds. The standard InChI is InChI=1S/C25H28N4O/c1-15-7-16(2)23(17(3)8-15)11-21(26)14-30-22-9-20(12-27-13-22)19-5-6-25-24(10-19)18(4)28-29-25/h5-10,12-13,21H,11,14,26H2,1-4H3,(H,28,29)/t21-/m0/s1. The average molecular weight is 401 g/mol. The van der Waals surface area contributed by atoms with Crippen molar-refractivity contribution in [3.63, 3.8) is 0 Å². The first-order valence-electron chi connectivity index (χ1n) is 10.3. The van der Waals surface area contributed by atoms with Gasteiger partial charge >= 0.3 is 0 Å². The second-order valence-electron chi connectivity index (χ2n) is 8.14. The van der Waals surface area contributed by atoms with E-state index >= 15 is 0 Å². The van der Waals surface area contributed by atoms with Crippen LogP contribution in [0.15, 0.2) is 48.8 Å².